The number of fused-ring (bicyclic) bond motifs is 1. The summed E-state index contributed by atoms with van der Waals surface area (Å²) >= 11 is 0. The molecule has 2 aromatic rings. The quantitative estimate of drug-likeness (QED) is 0.643. The molecule has 0 amide bonds. The third-order valence-corrected chi connectivity index (χ3v) is 2.88. The van der Waals surface area contributed by atoms with Crippen molar-refractivity contribution in [3.63, 3.8) is 0 Å². The predicted molar refractivity (Wildman–Crippen MR) is 78.3 cm³/mol. The monoisotopic (exact) mass is 273 g/mol. The fourth-order valence-corrected chi connectivity index (χ4v) is 1.83. The van der Waals surface area contributed by atoms with Gasteiger partial charge < -0.3 is 9.74 Å². The van der Waals surface area contributed by atoms with Gasteiger partial charge in [-0.25, -0.2) is 4.79 Å². The second-order valence-electron chi connectivity index (χ2n) is 4.86. The molecule has 0 aliphatic carbocycles. The van der Waals surface area contributed by atoms with Crippen molar-refractivity contribution in [2.75, 3.05) is 27.2 Å². The van der Waals surface area contributed by atoms with Crippen LogP contribution in [0.1, 0.15) is 16.8 Å². The molecule has 2 rings (SSSR count). The number of hydroxylamine groups is 1. The molecule has 0 unspecified atom stereocenters. The molecule has 106 valence electrons. The molecule has 0 atom stereocenters. The first-order valence-electron chi connectivity index (χ1n) is 6.60. The van der Waals surface area contributed by atoms with Gasteiger partial charge in [-0.1, -0.05) is 18.2 Å². The highest BCUT2D eigenvalue weighted by molar-refractivity contribution is 5.93. The molecular formula is C15H19N3O2. The van der Waals surface area contributed by atoms with Crippen molar-refractivity contribution in [3.8, 4) is 0 Å². The van der Waals surface area contributed by atoms with Crippen LogP contribution in [-0.2, 0) is 4.84 Å². The molecule has 1 aromatic carbocycles. The molecule has 0 radical (unpaired) electrons. The van der Waals surface area contributed by atoms with Crippen LogP contribution in [0.5, 0.6) is 0 Å². The van der Waals surface area contributed by atoms with Gasteiger partial charge in [0.1, 0.15) is 0 Å². The number of hydrogen-bond donors (Lipinski definition) is 1. The first-order valence-corrected chi connectivity index (χ1v) is 6.60. The van der Waals surface area contributed by atoms with Crippen LogP contribution in [-0.4, -0.2) is 43.0 Å². The summed E-state index contributed by atoms with van der Waals surface area (Å²) in [6, 6.07) is 9.44. The van der Waals surface area contributed by atoms with Crippen LogP contribution in [0.25, 0.3) is 10.9 Å². The number of pyridine rings is 1. The molecule has 1 N–H and O–H groups in total. The average molecular weight is 273 g/mol. The van der Waals surface area contributed by atoms with Crippen molar-refractivity contribution < 1.29 is 9.63 Å². The lowest BCUT2D eigenvalue weighted by Crippen LogP contribution is -2.24. The van der Waals surface area contributed by atoms with E-state index in [1.54, 1.807) is 6.07 Å². The minimum atomic E-state index is -0.409. The predicted octanol–water partition coefficient (Wildman–Crippen LogP) is 1.85. The summed E-state index contributed by atoms with van der Waals surface area (Å²) in [5.41, 5.74) is 3.99. The summed E-state index contributed by atoms with van der Waals surface area (Å²) in [5.74, 6) is -0.409. The number of carbonyl (C=O) groups is 1. The van der Waals surface area contributed by atoms with Crippen molar-refractivity contribution in [1.82, 2.24) is 15.4 Å². The highest BCUT2D eigenvalue weighted by Crippen LogP contribution is 2.12. The molecule has 0 saturated carbocycles. The number of carbonyl (C=O) groups excluding carboxylic acids is 1. The van der Waals surface area contributed by atoms with Crippen LogP contribution >= 0.6 is 0 Å². The Labute approximate surface area is 118 Å². The molecule has 1 heterocycles. The maximum absolute atomic E-state index is 11.9. The van der Waals surface area contributed by atoms with E-state index in [9.17, 15) is 4.79 Å². The zero-order valence-electron chi connectivity index (χ0n) is 11.8. The number of nitrogens with zero attached hydrogens (tertiary/aromatic N) is 2. The zero-order valence-corrected chi connectivity index (χ0v) is 11.8. The second-order valence-corrected chi connectivity index (χ2v) is 4.86. The molecule has 0 aliphatic heterocycles. The molecule has 5 heteroatoms. The minimum Gasteiger partial charge on any atom is -0.367 e. The summed E-state index contributed by atoms with van der Waals surface area (Å²) in [6.45, 7) is 1.58. The van der Waals surface area contributed by atoms with Crippen molar-refractivity contribution in [2.45, 2.75) is 6.42 Å². The SMILES string of the molecule is CN(C)CCCNOC(=O)c1cnc2ccccc2c1. The van der Waals surface area contributed by atoms with Gasteiger partial charge in [0.25, 0.3) is 0 Å². The van der Waals surface area contributed by atoms with Gasteiger partial charge in [0.15, 0.2) is 0 Å². The summed E-state index contributed by atoms with van der Waals surface area (Å²) in [5, 5.41) is 0.926. The molecular weight excluding hydrogens is 254 g/mol. The van der Waals surface area contributed by atoms with E-state index >= 15 is 0 Å². The maximum Gasteiger partial charge on any atom is 0.358 e. The van der Waals surface area contributed by atoms with Gasteiger partial charge in [-0.15, -0.1) is 0 Å². The Hall–Kier alpha value is -1.98. The van der Waals surface area contributed by atoms with Gasteiger partial charge in [-0.2, -0.15) is 5.48 Å². The summed E-state index contributed by atoms with van der Waals surface area (Å²) in [4.78, 5) is 23.2. The van der Waals surface area contributed by atoms with E-state index in [-0.39, 0.29) is 0 Å². The Morgan fingerprint density at radius 2 is 2.15 bits per heavy atom. The molecule has 1 aromatic heterocycles. The van der Waals surface area contributed by atoms with Crippen LogP contribution in [0, 0.1) is 0 Å². The zero-order chi connectivity index (χ0) is 14.4. The van der Waals surface area contributed by atoms with E-state index in [2.05, 4.69) is 15.4 Å². The molecule has 0 saturated heterocycles. The van der Waals surface area contributed by atoms with Crippen molar-refractivity contribution in [2.24, 2.45) is 0 Å². The Balaban J connectivity index is 1.87. The lowest BCUT2D eigenvalue weighted by Gasteiger charge is -2.09. The molecule has 0 spiro atoms. The number of para-hydroxylation sites is 1. The van der Waals surface area contributed by atoms with Crippen LogP contribution < -0.4 is 5.48 Å². The summed E-state index contributed by atoms with van der Waals surface area (Å²) in [7, 11) is 4.01. The lowest BCUT2D eigenvalue weighted by atomic mass is 10.2. The van der Waals surface area contributed by atoms with E-state index < -0.39 is 5.97 Å². The van der Waals surface area contributed by atoms with Crippen LogP contribution in [0.3, 0.4) is 0 Å². The fourth-order valence-electron chi connectivity index (χ4n) is 1.83. The van der Waals surface area contributed by atoms with E-state index in [4.69, 9.17) is 4.84 Å². The van der Waals surface area contributed by atoms with Crippen LogP contribution in [0.2, 0.25) is 0 Å². The first-order chi connectivity index (χ1) is 9.66. The minimum absolute atomic E-state index is 0.409. The fraction of sp³-hybridized carbons (Fsp3) is 0.333. The number of benzene rings is 1. The number of hydrogen-bond acceptors (Lipinski definition) is 5. The van der Waals surface area contributed by atoms with Gasteiger partial charge >= 0.3 is 5.97 Å². The number of nitrogens with one attached hydrogen (secondary N) is 1. The first kappa shape index (κ1) is 14.4. The Morgan fingerprint density at radius 3 is 2.95 bits per heavy atom. The third kappa shape index (κ3) is 4.01. The van der Waals surface area contributed by atoms with Crippen LogP contribution in [0.4, 0.5) is 0 Å². The highest BCUT2D eigenvalue weighted by Gasteiger charge is 2.08. The van der Waals surface area contributed by atoms with Crippen molar-refractivity contribution in [3.05, 3.63) is 42.1 Å². The van der Waals surface area contributed by atoms with E-state index in [0.29, 0.717) is 12.1 Å². The summed E-state index contributed by atoms with van der Waals surface area (Å²) < 4.78 is 0. The normalized spacial score (nSPS) is 10.9. The van der Waals surface area contributed by atoms with E-state index in [0.717, 1.165) is 23.9 Å². The van der Waals surface area contributed by atoms with Crippen molar-refractivity contribution >= 4 is 16.9 Å². The Bertz CT molecular complexity index is 584. The van der Waals surface area contributed by atoms with Gasteiger partial charge in [0, 0.05) is 18.1 Å². The Morgan fingerprint density at radius 1 is 1.35 bits per heavy atom. The smallest absolute Gasteiger partial charge is 0.358 e. The summed E-state index contributed by atoms with van der Waals surface area (Å²) in [6.07, 6.45) is 2.45. The topological polar surface area (TPSA) is 54.5 Å². The molecule has 5 nitrogen and oxygen atoms in total. The molecule has 0 aliphatic rings. The van der Waals surface area contributed by atoms with Gasteiger partial charge in [0.2, 0.25) is 0 Å². The maximum atomic E-state index is 11.9. The number of rotatable bonds is 6. The van der Waals surface area contributed by atoms with E-state index in [1.165, 1.54) is 6.20 Å². The van der Waals surface area contributed by atoms with Gasteiger partial charge in [-0.05, 0) is 39.2 Å². The van der Waals surface area contributed by atoms with Crippen molar-refractivity contribution in [1.29, 1.82) is 0 Å². The molecule has 0 bridgehead atoms. The third-order valence-electron chi connectivity index (χ3n) is 2.88. The van der Waals surface area contributed by atoms with Gasteiger partial charge in [0.05, 0.1) is 11.1 Å². The van der Waals surface area contributed by atoms with Gasteiger partial charge in [-0.3, -0.25) is 4.98 Å². The highest BCUT2D eigenvalue weighted by atomic mass is 16.7. The average Bonchev–Trinajstić information content (AvgIpc) is 2.46. The van der Waals surface area contributed by atoms with E-state index in [1.807, 2.05) is 38.4 Å². The van der Waals surface area contributed by atoms with Crippen LogP contribution in [0.15, 0.2) is 36.5 Å². The Kier molecular flexibility index (Phi) is 5.03. The molecule has 0 fully saturated rings. The second kappa shape index (κ2) is 6.98. The standard InChI is InChI=1S/C15H19N3O2/c1-18(2)9-5-8-17-20-15(19)13-10-12-6-3-4-7-14(12)16-11-13/h3-4,6-7,10-11,17H,5,8-9H2,1-2H3. The molecule has 20 heavy (non-hydrogen) atoms. The lowest BCUT2D eigenvalue weighted by molar-refractivity contribution is 0.0249. The largest absolute Gasteiger partial charge is 0.367 e. The number of aromatic nitrogens is 1.